The molecule has 24 heavy (non-hydrogen) atoms. The van der Waals surface area contributed by atoms with Crippen LogP contribution in [-0.2, 0) is 11.2 Å². The Morgan fingerprint density at radius 1 is 1.17 bits per heavy atom. The van der Waals surface area contributed by atoms with Gasteiger partial charge in [-0.05, 0) is 29.8 Å². The molecule has 0 atom stereocenters. The molecule has 0 radical (unpaired) electrons. The number of fused-ring (bicyclic) bond motifs is 1. The van der Waals surface area contributed by atoms with Gasteiger partial charge < -0.3 is 10.1 Å². The summed E-state index contributed by atoms with van der Waals surface area (Å²) in [5.41, 5.74) is 2.69. The van der Waals surface area contributed by atoms with Gasteiger partial charge in [0.05, 0.1) is 12.6 Å². The molecule has 122 valence electrons. The van der Waals surface area contributed by atoms with E-state index < -0.39 is 0 Å². The number of aromatic nitrogens is 2. The Morgan fingerprint density at radius 2 is 2.04 bits per heavy atom. The summed E-state index contributed by atoms with van der Waals surface area (Å²) in [7, 11) is 1.64. The number of Topliss-reactive ketones (excluding diaryl/α,β-unsaturated/α-hetero) is 1. The van der Waals surface area contributed by atoms with Crippen LogP contribution < -0.4 is 10.1 Å². The number of hydrogen-bond acceptors (Lipinski definition) is 5. The molecule has 0 aliphatic carbocycles. The number of methoxy groups -OCH3 is 1. The summed E-state index contributed by atoms with van der Waals surface area (Å²) in [4.78, 5) is 20.4. The van der Waals surface area contributed by atoms with E-state index in [2.05, 4.69) is 15.3 Å². The van der Waals surface area contributed by atoms with Gasteiger partial charge in [0, 0.05) is 30.0 Å². The van der Waals surface area contributed by atoms with Gasteiger partial charge in [0.25, 0.3) is 0 Å². The molecule has 0 spiro atoms. The van der Waals surface area contributed by atoms with Crippen LogP contribution in [0.4, 0.5) is 11.5 Å². The van der Waals surface area contributed by atoms with Crippen molar-refractivity contribution in [1.82, 2.24) is 9.97 Å². The van der Waals surface area contributed by atoms with Crippen LogP contribution in [-0.4, -0.2) is 22.9 Å². The van der Waals surface area contributed by atoms with E-state index in [0.29, 0.717) is 18.7 Å². The molecule has 1 N–H and O–H groups in total. The van der Waals surface area contributed by atoms with E-state index in [1.807, 2.05) is 49.4 Å². The molecular formula is C19H19N3O2. The van der Waals surface area contributed by atoms with Crippen LogP contribution in [0.25, 0.3) is 10.9 Å². The van der Waals surface area contributed by atoms with Crippen molar-refractivity contribution in [3.8, 4) is 5.75 Å². The van der Waals surface area contributed by atoms with Gasteiger partial charge in [-0.2, -0.15) is 0 Å². The normalized spacial score (nSPS) is 10.6. The van der Waals surface area contributed by atoms with E-state index in [1.54, 1.807) is 7.11 Å². The molecule has 1 aromatic heterocycles. The van der Waals surface area contributed by atoms with Crippen molar-refractivity contribution in [3.63, 3.8) is 0 Å². The Balaban J connectivity index is 1.97. The Hall–Kier alpha value is -2.95. The lowest BCUT2D eigenvalue weighted by atomic mass is 10.1. The molecule has 0 aliphatic heterocycles. The molecule has 3 aromatic rings. The minimum Gasteiger partial charge on any atom is -0.497 e. The largest absolute Gasteiger partial charge is 0.497 e. The predicted octanol–water partition coefficient (Wildman–Crippen LogP) is 3.90. The Bertz CT molecular complexity index is 877. The van der Waals surface area contributed by atoms with E-state index in [9.17, 15) is 4.79 Å². The van der Waals surface area contributed by atoms with Gasteiger partial charge in [-0.3, -0.25) is 4.79 Å². The summed E-state index contributed by atoms with van der Waals surface area (Å²) >= 11 is 0. The SMILES string of the molecule is CCC(=O)Cc1ccc2ncnc(Nc3cccc(OC)c3)c2c1. The molecular weight excluding hydrogens is 302 g/mol. The first-order valence-electron chi connectivity index (χ1n) is 7.86. The third kappa shape index (κ3) is 3.51. The van der Waals surface area contributed by atoms with Crippen LogP contribution in [0.15, 0.2) is 48.8 Å². The second-order valence-corrected chi connectivity index (χ2v) is 5.50. The minimum atomic E-state index is 0.216. The number of ketones is 1. The smallest absolute Gasteiger partial charge is 0.141 e. The average Bonchev–Trinajstić information content (AvgIpc) is 2.62. The molecule has 1 heterocycles. The number of carbonyl (C=O) groups excluding carboxylic acids is 1. The van der Waals surface area contributed by atoms with Crippen LogP contribution >= 0.6 is 0 Å². The quantitative estimate of drug-likeness (QED) is 0.746. The fourth-order valence-electron chi connectivity index (χ4n) is 2.50. The number of nitrogens with one attached hydrogen (secondary N) is 1. The number of carbonyl (C=O) groups is 1. The van der Waals surface area contributed by atoms with E-state index in [1.165, 1.54) is 6.33 Å². The molecule has 2 aromatic carbocycles. The van der Waals surface area contributed by atoms with Gasteiger partial charge >= 0.3 is 0 Å². The molecule has 0 unspecified atom stereocenters. The molecule has 5 nitrogen and oxygen atoms in total. The Morgan fingerprint density at radius 3 is 2.83 bits per heavy atom. The standard InChI is InChI=1S/C19H19N3O2/c1-3-15(23)9-13-7-8-18-17(10-13)19(21-12-20-18)22-14-5-4-6-16(11-14)24-2/h4-8,10-12H,3,9H2,1-2H3,(H,20,21,22). The second kappa shape index (κ2) is 7.08. The summed E-state index contributed by atoms with van der Waals surface area (Å²) < 4.78 is 5.25. The van der Waals surface area contributed by atoms with E-state index in [0.717, 1.165) is 27.9 Å². The van der Waals surface area contributed by atoms with Gasteiger partial charge in [0.2, 0.25) is 0 Å². The third-order valence-electron chi connectivity index (χ3n) is 3.83. The molecule has 0 saturated heterocycles. The number of anilines is 2. The van der Waals surface area contributed by atoms with Crippen molar-refractivity contribution in [2.45, 2.75) is 19.8 Å². The van der Waals surface area contributed by atoms with Crippen molar-refractivity contribution >= 4 is 28.2 Å². The third-order valence-corrected chi connectivity index (χ3v) is 3.83. The summed E-state index contributed by atoms with van der Waals surface area (Å²) in [6.07, 6.45) is 2.50. The van der Waals surface area contributed by atoms with Crippen LogP contribution in [0.3, 0.4) is 0 Å². The molecule has 0 saturated carbocycles. The average molecular weight is 321 g/mol. The van der Waals surface area contributed by atoms with Crippen molar-refractivity contribution in [3.05, 3.63) is 54.4 Å². The second-order valence-electron chi connectivity index (χ2n) is 5.50. The first-order valence-corrected chi connectivity index (χ1v) is 7.86. The molecule has 0 aliphatic rings. The lowest BCUT2D eigenvalue weighted by Gasteiger charge is -2.10. The van der Waals surface area contributed by atoms with Gasteiger partial charge in [-0.15, -0.1) is 0 Å². The molecule has 0 amide bonds. The summed E-state index contributed by atoms with van der Waals surface area (Å²) in [5.74, 6) is 1.69. The minimum absolute atomic E-state index is 0.216. The monoisotopic (exact) mass is 321 g/mol. The maximum absolute atomic E-state index is 11.7. The highest BCUT2D eigenvalue weighted by Gasteiger charge is 2.08. The first kappa shape index (κ1) is 15.9. The zero-order chi connectivity index (χ0) is 16.9. The van der Waals surface area contributed by atoms with Crippen LogP contribution in [0.2, 0.25) is 0 Å². The van der Waals surface area contributed by atoms with E-state index in [-0.39, 0.29) is 5.78 Å². The van der Waals surface area contributed by atoms with Gasteiger partial charge in [0.15, 0.2) is 0 Å². The predicted molar refractivity (Wildman–Crippen MR) is 94.8 cm³/mol. The molecule has 3 rings (SSSR count). The number of benzene rings is 2. The summed E-state index contributed by atoms with van der Waals surface area (Å²) in [5, 5.41) is 4.19. The van der Waals surface area contributed by atoms with Crippen molar-refractivity contribution in [2.75, 3.05) is 12.4 Å². The summed E-state index contributed by atoms with van der Waals surface area (Å²) in [6.45, 7) is 1.88. The topological polar surface area (TPSA) is 64.1 Å². The zero-order valence-electron chi connectivity index (χ0n) is 13.7. The zero-order valence-corrected chi connectivity index (χ0v) is 13.7. The van der Waals surface area contributed by atoms with Gasteiger partial charge in [-0.1, -0.05) is 19.1 Å². The van der Waals surface area contributed by atoms with Gasteiger partial charge in [0.1, 0.15) is 23.7 Å². The highest BCUT2D eigenvalue weighted by Crippen LogP contribution is 2.26. The summed E-state index contributed by atoms with van der Waals surface area (Å²) in [6, 6.07) is 13.5. The highest BCUT2D eigenvalue weighted by molar-refractivity contribution is 5.92. The maximum atomic E-state index is 11.7. The number of nitrogens with zero attached hydrogens (tertiary/aromatic N) is 2. The Labute approximate surface area is 140 Å². The molecule has 0 bridgehead atoms. The van der Waals surface area contributed by atoms with E-state index in [4.69, 9.17) is 4.74 Å². The van der Waals surface area contributed by atoms with Crippen molar-refractivity contribution < 1.29 is 9.53 Å². The van der Waals surface area contributed by atoms with Crippen LogP contribution in [0, 0.1) is 0 Å². The number of rotatable bonds is 6. The lowest BCUT2D eigenvalue weighted by molar-refractivity contribution is -0.118. The van der Waals surface area contributed by atoms with Crippen LogP contribution in [0.1, 0.15) is 18.9 Å². The maximum Gasteiger partial charge on any atom is 0.141 e. The first-order chi connectivity index (χ1) is 11.7. The van der Waals surface area contributed by atoms with Crippen LogP contribution in [0.5, 0.6) is 5.75 Å². The number of ether oxygens (including phenoxy) is 1. The molecule has 5 heteroatoms. The Kier molecular flexibility index (Phi) is 4.70. The fraction of sp³-hybridized carbons (Fsp3) is 0.211. The number of hydrogen-bond donors (Lipinski definition) is 1. The van der Waals surface area contributed by atoms with Gasteiger partial charge in [-0.25, -0.2) is 9.97 Å². The molecule has 0 fully saturated rings. The van der Waals surface area contributed by atoms with Crippen molar-refractivity contribution in [2.24, 2.45) is 0 Å². The lowest BCUT2D eigenvalue weighted by Crippen LogP contribution is -2.01. The van der Waals surface area contributed by atoms with E-state index >= 15 is 0 Å². The highest BCUT2D eigenvalue weighted by atomic mass is 16.5. The fourth-order valence-corrected chi connectivity index (χ4v) is 2.50. The van der Waals surface area contributed by atoms with Crippen molar-refractivity contribution in [1.29, 1.82) is 0 Å².